The average Bonchev–Trinajstić information content (AvgIpc) is 2.57. The smallest absolute Gasteiger partial charge is 0.0699 e. The largest absolute Gasteiger partial charge is 0.349 e. The SMILES string of the molecule is Cc1ncc(C(C)C)c2c(C(C)C)cn(C)c12. The first-order valence-corrected chi connectivity index (χ1v) is 6.37. The highest BCUT2D eigenvalue weighted by Gasteiger charge is 2.17. The number of aromatic nitrogens is 2. The van der Waals surface area contributed by atoms with Gasteiger partial charge in [0.05, 0.1) is 11.2 Å². The van der Waals surface area contributed by atoms with Crippen molar-refractivity contribution in [3.63, 3.8) is 0 Å². The second-order valence-corrected chi connectivity index (χ2v) is 5.53. The van der Waals surface area contributed by atoms with Crippen LogP contribution in [-0.2, 0) is 7.05 Å². The summed E-state index contributed by atoms with van der Waals surface area (Å²) in [5, 5.41) is 1.42. The first-order chi connectivity index (χ1) is 7.93. The van der Waals surface area contributed by atoms with Crippen molar-refractivity contribution in [2.75, 3.05) is 0 Å². The molecule has 2 nitrogen and oxygen atoms in total. The fourth-order valence-electron chi connectivity index (χ4n) is 2.56. The molecule has 2 aromatic heterocycles. The Kier molecular flexibility index (Phi) is 2.98. The van der Waals surface area contributed by atoms with Gasteiger partial charge in [0.25, 0.3) is 0 Å². The van der Waals surface area contributed by atoms with Crippen molar-refractivity contribution >= 4 is 10.9 Å². The van der Waals surface area contributed by atoms with Gasteiger partial charge in [-0.05, 0) is 29.9 Å². The summed E-state index contributed by atoms with van der Waals surface area (Å²) in [7, 11) is 2.12. The zero-order valence-corrected chi connectivity index (χ0v) is 11.7. The van der Waals surface area contributed by atoms with E-state index in [1.54, 1.807) is 0 Å². The second-order valence-electron chi connectivity index (χ2n) is 5.53. The van der Waals surface area contributed by atoms with Crippen LogP contribution in [0.15, 0.2) is 12.4 Å². The maximum atomic E-state index is 4.54. The first kappa shape index (κ1) is 12.2. The molecule has 0 bridgehead atoms. The van der Waals surface area contributed by atoms with Crippen LogP contribution in [0.2, 0.25) is 0 Å². The molecule has 0 aliphatic rings. The van der Waals surface area contributed by atoms with E-state index in [0.29, 0.717) is 11.8 Å². The van der Waals surface area contributed by atoms with Gasteiger partial charge in [-0.3, -0.25) is 4.98 Å². The Bertz CT molecular complexity index is 548. The number of fused-ring (bicyclic) bond motifs is 1. The van der Waals surface area contributed by atoms with Crippen LogP contribution in [0.25, 0.3) is 10.9 Å². The molecule has 0 aliphatic heterocycles. The van der Waals surface area contributed by atoms with Crippen molar-refractivity contribution in [1.82, 2.24) is 9.55 Å². The molecule has 0 saturated heterocycles. The van der Waals surface area contributed by atoms with Crippen molar-refractivity contribution in [3.05, 3.63) is 29.2 Å². The number of hydrogen-bond acceptors (Lipinski definition) is 1. The van der Waals surface area contributed by atoms with E-state index in [9.17, 15) is 0 Å². The monoisotopic (exact) mass is 230 g/mol. The molecule has 0 saturated carbocycles. The van der Waals surface area contributed by atoms with Crippen LogP contribution >= 0.6 is 0 Å². The molecule has 0 N–H and O–H groups in total. The van der Waals surface area contributed by atoms with Crippen LogP contribution in [0.3, 0.4) is 0 Å². The summed E-state index contributed by atoms with van der Waals surface area (Å²) < 4.78 is 2.22. The lowest BCUT2D eigenvalue weighted by Crippen LogP contribution is -1.97. The molecule has 0 atom stereocenters. The maximum Gasteiger partial charge on any atom is 0.0699 e. The molecule has 2 rings (SSSR count). The minimum atomic E-state index is 0.519. The Labute approximate surface area is 104 Å². The van der Waals surface area contributed by atoms with E-state index in [1.807, 2.05) is 6.20 Å². The zero-order chi connectivity index (χ0) is 12.7. The van der Waals surface area contributed by atoms with Gasteiger partial charge < -0.3 is 4.57 Å². The second kappa shape index (κ2) is 4.17. The van der Waals surface area contributed by atoms with Crippen LogP contribution in [0.5, 0.6) is 0 Å². The van der Waals surface area contributed by atoms with Crippen molar-refractivity contribution in [1.29, 1.82) is 0 Å². The Hall–Kier alpha value is -1.31. The molecular weight excluding hydrogens is 208 g/mol. The Balaban J connectivity index is 2.90. The Morgan fingerprint density at radius 2 is 1.65 bits per heavy atom. The molecule has 2 aromatic rings. The Morgan fingerprint density at radius 1 is 1.06 bits per heavy atom. The van der Waals surface area contributed by atoms with Gasteiger partial charge in [0.15, 0.2) is 0 Å². The average molecular weight is 230 g/mol. The summed E-state index contributed by atoms with van der Waals surface area (Å²) >= 11 is 0. The molecule has 0 aromatic carbocycles. The van der Waals surface area contributed by atoms with Crippen molar-refractivity contribution < 1.29 is 0 Å². The predicted octanol–water partition coefficient (Wildman–Crippen LogP) is 4.13. The predicted molar refractivity (Wildman–Crippen MR) is 73.6 cm³/mol. The minimum Gasteiger partial charge on any atom is -0.349 e. The van der Waals surface area contributed by atoms with Gasteiger partial charge in [0, 0.05) is 24.8 Å². The first-order valence-electron chi connectivity index (χ1n) is 6.37. The fraction of sp³-hybridized carbons (Fsp3) is 0.533. The molecule has 92 valence electrons. The fourth-order valence-corrected chi connectivity index (χ4v) is 2.56. The van der Waals surface area contributed by atoms with E-state index < -0.39 is 0 Å². The number of pyridine rings is 1. The molecule has 0 fully saturated rings. The summed E-state index contributed by atoms with van der Waals surface area (Å²) in [6.45, 7) is 11.1. The summed E-state index contributed by atoms with van der Waals surface area (Å²) in [4.78, 5) is 4.54. The van der Waals surface area contributed by atoms with Crippen LogP contribution < -0.4 is 0 Å². The van der Waals surface area contributed by atoms with E-state index in [1.165, 1.54) is 22.0 Å². The normalized spacial score (nSPS) is 12.0. The van der Waals surface area contributed by atoms with Crippen molar-refractivity contribution in [3.8, 4) is 0 Å². The topological polar surface area (TPSA) is 17.8 Å². The maximum absolute atomic E-state index is 4.54. The number of hydrogen-bond donors (Lipinski definition) is 0. The zero-order valence-electron chi connectivity index (χ0n) is 11.7. The highest BCUT2D eigenvalue weighted by atomic mass is 14.9. The summed E-state index contributed by atoms with van der Waals surface area (Å²) in [5.74, 6) is 1.07. The van der Waals surface area contributed by atoms with Crippen LogP contribution in [0.4, 0.5) is 0 Å². The van der Waals surface area contributed by atoms with E-state index in [4.69, 9.17) is 0 Å². The van der Waals surface area contributed by atoms with E-state index >= 15 is 0 Å². The number of rotatable bonds is 2. The quantitative estimate of drug-likeness (QED) is 0.758. The molecule has 0 unspecified atom stereocenters. The highest BCUT2D eigenvalue weighted by molar-refractivity contribution is 5.89. The van der Waals surface area contributed by atoms with E-state index in [-0.39, 0.29) is 0 Å². The summed E-state index contributed by atoms with van der Waals surface area (Å²) in [6.07, 6.45) is 4.31. The lowest BCUT2D eigenvalue weighted by Gasteiger charge is -2.12. The summed E-state index contributed by atoms with van der Waals surface area (Å²) in [5.41, 5.74) is 5.23. The molecule has 0 amide bonds. The van der Waals surface area contributed by atoms with Crippen LogP contribution in [0, 0.1) is 6.92 Å². The lowest BCUT2D eigenvalue weighted by molar-refractivity contribution is 0.847. The molecule has 0 radical (unpaired) electrons. The highest BCUT2D eigenvalue weighted by Crippen LogP contribution is 2.34. The third-order valence-corrected chi connectivity index (χ3v) is 3.48. The third-order valence-electron chi connectivity index (χ3n) is 3.48. The van der Waals surface area contributed by atoms with Gasteiger partial charge in [0.1, 0.15) is 0 Å². The van der Waals surface area contributed by atoms with Gasteiger partial charge >= 0.3 is 0 Å². The van der Waals surface area contributed by atoms with Gasteiger partial charge in [-0.1, -0.05) is 27.7 Å². The molecule has 0 spiro atoms. The Morgan fingerprint density at radius 3 is 2.18 bits per heavy atom. The molecule has 17 heavy (non-hydrogen) atoms. The lowest BCUT2D eigenvalue weighted by atomic mass is 9.94. The molecule has 2 heteroatoms. The third kappa shape index (κ3) is 1.86. The molecule has 0 aliphatic carbocycles. The van der Waals surface area contributed by atoms with Gasteiger partial charge in [-0.15, -0.1) is 0 Å². The van der Waals surface area contributed by atoms with Gasteiger partial charge in [-0.25, -0.2) is 0 Å². The molecule has 2 heterocycles. The summed E-state index contributed by atoms with van der Waals surface area (Å²) in [6, 6.07) is 0. The minimum absolute atomic E-state index is 0.519. The van der Waals surface area contributed by atoms with Gasteiger partial charge in [-0.2, -0.15) is 0 Å². The number of nitrogens with zero attached hydrogens (tertiary/aromatic N) is 2. The van der Waals surface area contributed by atoms with Crippen LogP contribution in [-0.4, -0.2) is 9.55 Å². The van der Waals surface area contributed by atoms with Crippen molar-refractivity contribution in [2.24, 2.45) is 7.05 Å². The van der Waals surface area contributed by atoms with Crippen LogP contribution in [0.1, 0.15) is 56.4 Å². The molecular formula is C15H22N2. The van der Waals surface area contributed by atoms with Gasteiger partial charge in [0.2, 0.25) is 0 Å². The van der Waals surface area contributed by atoms with E-state index in [0.717, 1.165) is 5.69 Å². The van der Waals surface area contributed by atoms with Crippen molar-refractivity contribution in [2.45, 2.75) is 46.5 Å². The van der Waals surface area contributed by atoms with E-state index in [2.05, 4.69) is 57.4 Å². The standard InChI is InChI=1S/C15H22N2/c1-9(2)12-7-16-11(5)15-14(12)13(10(3)4)8-17(15)6/h7-10H,1-6H3. The number of aryl methyl sites for hydroxylation is 2.